The number of nitrogens with zero attached hydrogens (tertiary/aromatic N) is 1. The maximum Gasteiger partial charge on any atom is 0.222 e. The molecule has 1 aliphatic heterocycles. The van der Waals surface area contributed by atoms with Gasteiger partial charge in [0.05, 0.1) is 6.10 Å². The van der Waals surface area contributed by atoms with Crippen LogP contribution in [0.2, 0.25) is 0 Å². The minimum absolute atomic E-state index is 0.225. The molecule has 4 heteroatoms. The van der Waals surface area contributed by atoms with Crippen LogP contribution in [-0.2, 0) is 16.0 Å². The average Bonchev–Trinajstić information content (AvgIpc) is 3.20. The second-order valence-electron chi connectivity index (χ2n) is 5.93. The first-order valence-corrected chi connectivity index (χ1v) is 8.22. The van der Waals surface area contributed by atoms with Gasteiger partial charge in [0, 0.05) is 43.2 Å². The number of nitrogens with one attached hydrogen (secondary N) is 1. The molecule has 1 aliphatic rings. The van der Waals surface area contributed by atoms with Crippen molar-refractivity contribution in [1.82, 2.24) is 9.88 Å². The molecule has 0 bridgehead atoms. The molecule has 0 spiro atoms. The number of amides is 1. The van der Waals surface area contributed by atoms with Crippen LogP contribution in [0.15, 0.2) is 30.5 Å². The largest absolute Gasteiger partial charge is 0.376 e. The predicted octanol–water partition coefficient (Wildman–Crippen LogP) is 3.13. The number of rotatable bonds is 6. The van der Waals surface area contributed by atoms with Gasteiger partial charge in [-0.05, 0) is 37.8 Å². The van der Waals surface area contributed by atoms with Crippen LogP contribution in [-0.4, -0.2) is 41.6 Å². The first-order valence-electron chi connectivity index (χ1n) is 8.22. The highest BCUT2D eigenvalue weighted by molar-refractivity contribution is 5.84. The number of carbonyl (C=O) groups excluding carboxylic acids is 1. The number of fused-ring (bicyclic) bond motifs is 1. The van der Waals surface area contributed by atoms with E-state index >= 15 is 0 Å². The first kappa shape index (κ1) is 15.1. The zero-order valence-electron chi connectivity index (χ0n) is 13.2. The van der Waals surface area contributed by atoms with Gasteiger partial charge in [-0.3, -0.25) is 4.79 Å². The zero-order valence-corrected chi connectivity index (χ0v) is 13.2. The summed E-state index contributed by atoms with van der Waals surface area (Å²) in [5.74, 6) is 0.225. The molecule has 1 amide bonds. The average molecular weight is 300 g/mol. The second-order valence-corrected chi connectivity index (χ2v) is 5.93. The molecule has 0 saturated carbocycles. The molecule has 1 fully saturated rings. The van der Waals surface area contributed by atoms with E-state index in [0.717, 1.165) is 44.5 Å². The molecule has 1 aromatic heterocycles. The Kier molecular flexibility index (Phi) is 4.78. The summed E-state index contributed by atoms with van der Waals surface area (Å²) in [6, 6.07) is 8.23. The van der Waals surface area contributed by atoms with Gasteiger partial charge in [0.2, 0.25) is 5.91 Å². The van der Waals surface area contributed by atoms with Crippen LogP contribution in [0.3, 0.4) is 0 Å². The van der Waals surface area contributed by atoms with Crippen LogP contribution in [0.25, 0.3) is 10.9 Å². The fraction of sp³-hybridized carbons (Fsp3) is 0.500. The molecule has 4 nitrogen and oxygen atoms in total. The second kappa shape index (κ2) is 6.97. The van der Waals surface area contributed by atoms with E-state index < -0.39 is 0 Å². The van der Waals surface area contributed by atoms with Gasteiger partial charge >= 0.3 is 0 Å². The van der Waals surface area contributed by atoms with Crippen molar-refractivity contribution in [2.75, 3.05) is 19.7 Å². The van der Waals surface area contributed by atoms with Gasteiger partial charge in [-0.2, -0.15) is 0 Å². The Bertz CT molecular complexity index is 629. The van der Waals surface area contributed by atoms with Crippen LogP contribution in [0.4, 0.5) is 0 Å². The van der Waals surface area contributed by atoms with Gasteiger partial charge in [0.1, 0.15) is 0 Å². The van der Waals surface area contributed by atoms with Gasteiger partial charge < -0.3 is 14.6 Å². The SMILES string of the molecule is CCN(C[C@H]1CCCO1)C(=O)CCc1c[nH]c2ccccc12. The van der Waals surface area contributed by atoms with E-state index in [2.05, 4.69) is 17.1 Å². The van der Waals surface area contributed by atoms with E-state index in [1.165, 1.54) is 10.9 Å². The van der Waals surface area contributed by atoms with Gasteiger partial charge in [-0.15, -0.1) is 0 Å². The highest BCUT2D eigenvalue weighted by Crippen LogP contribution is 2.20. The molecule has 1 N–H and O–H groups in total. The molecule has 0 aliphatic carbocycles. The minimum Gasteiger partial charge on any atom is -0.376 e. The number of carbonyl (C=O) groups is 1. The molecule has 2 heterocycles. The normalized spacial score (nSPS) is 18.0. The molecule has 1 aromatic carbocycles. The molecule has 1 saturated heterocycles. The van der Waals surface area contributed by atoms with Crippen molar-refractivity contribution >= 4 is 16.8 Å². The van der Waals surface area contributed by atoms with Crippen LogP contribution in [0.5, 0.6) is 0 Å². The van der Waals surface area contributed by atoms with Gasteiger partial charge in [-0.25, -0.2) is 0 Å². The Hall–Kier alpha value is -1.81. The lowest BCUT2D eigenvalue weighted by Crippen LogP contribution is -2.37. The number of benzene rings is 1. The molecular formula is C18H24N2O2. The third-order valence-electron chi connectivity index (χ3n) is 4.47. The summed E-state index contributed by atoms with van der Waals surface area (Å²) >= 11 is 0. The lowest BCUT2D eigenvalue weighted by atomic mass is 10.1. The van der Waals surface area contributed by atoms with E-state index in [-0.39, 0.29) is 12.0 Å². The number of hydrogen-bond donors (Lipinski definition) is 1. The molecular weight excluding hydrogens is 276 g/mol. The van der Waals surface area contributed by atoms with Crippen molar-refractivity contribution in [3.8, 4) is 0 Å². The molecule has 0 radical (unpaired) electrons. The van der Waals surface area contributed by atoms with E-state index in [4.69, 9.17) is 4.74 Å². The fourth-order valence-corrected chi connectivity index (χ4v) is 3.18. The summed E-state index contributed by atoms with van der Waals surface area (Å²) < 4.78 is 5.64. The number of aryl methyl sites for hydroxylation is 1. The van der Waals surface area contributed by atoms with E-state index in [9.17, 15) is 4.79 Å². The molecule has 3 rings (SSSR count). The minimum atomic E-state index is 0.225. The summed E-state index contributed by atoms with van der Waals surface area (Å²) in [7, 11) is 0. The summed E-state index contributed by atoms with van der Waals surface area (Å²) in [4.78, 5) is 17.7. The summed E-state index contributed by atoms with van der Waals surface area (Å²) in [6.45, 7) is 4.38. The van der Waals surface area contributed by atoms with Crippen molar-refractivity contribution < 1.29 is 9.53 Å². The van der Waals surface area contributed by atoms with Crippen molar-refractivity contribution in [1.29, 1.82) is 0 Å². The number of hydrogen-bond acceptors (Lipinski definition) is 2. The standard InChI is InChI=1S/C18H24N2O2/c1-2-20(13-15-6-5-11-22-15)18(21)10-9-14-12-19-17-8-4-3-7-16(14)17/h3-4,7-8,12,15,19H,2,5-6,9-11,13H2,1H3/t15-/m1/s1. The predicted molar refractivity (Wildman–Crippen MR) is 87.8 cm³/mol. The smallest absolute Gasteiger partial charge is 0.222 e. The molecule has 2 aromatic rings. The van der Waals surface area contributed by atoms with E-state index in [1.54, 1.807) is 0 Å². The van der Waals surface area contributed by atoms with Crippen molar-refractivity contribution in [2.24, 2.45) is 0 Å². The Balaban J connectivity index is 1.58. The fourth-order valence-electron chi connectivity index (χ4n) is 3.18. The number of aromatic nitrogens is 1. The lowest BCUT2D eigenvalue weighted by molar-refractivity contribution is -0.132. The quantitative estimate of drug-likeness (QED) is 0.891. The van der Waals surface area contributed by atoms with Crippen LogP contribution in [0.1, 0.15) is 31.7 Å². The van der Waals surface area contributed by atoms with E-state index in [1.807, 2.05) is 30.2 Å². The number of ether oxygens (including phenoxy) is 1. The third-order valence-corrected chi connectivity index (χ3v) is 4.47. The van der Waals surface area contributed by atoms with Crippen LogP contribution >= 0.6 is 0 Å². The maximum atomic E-state index is 12.5. The zero-order chi connectivity index (χ0) is 15.4. The molecule has 0 unspecified atom stereocenters. The van der Waals surface area contributed by atoms with Gasteiger partial charge in [0.15, 0.2) is 0 Å². The molecule has 22 heavy (non-hydrogen) atoms. The Labute approximate surface area is 131 Å². The maximum absolute atomic E-state index is 12.5. The molecule has 1 atom stereocenters. The van der Waals surface area contributed by atoms with Crippen molar-refractivity contribution in [2.45, 2.75) is 38.7 Å². The summed E-state index contributed by atoms with van der Waals surface area (Å²) in [5, 5.41) is 1.22. The van der Waals surface area contributed by atoms with Gasteiger partial charge in [0.25, 0.3) is 0 Å². The van der Waals surface area contributed by atoms with Crippen LogP contribution < -0.4 is 0 Å². The monoisotopic (exact) mass is 300 g/mol. The Morgan fingerprint density at radius 3 is 3.05 bits per heavy atom. The highest BCUT2D eigenvalue weighted by Gasteiger charge is 2.21. The topological polar surface area (TPSA) is 45.3 Å². The van der Waals surface area contributed by atoms with Crippen molar-refractivity contribution in [3.05, 3.63) is 36.0 Å². The number of likely N-dealkylation sites (N-methyl/N-ethyl adjacent to an activating group) is 1. The first-order chi connectivity index (χ1) is 10.8. The summed E-state index contributed by atoms with van der Waals surface area (Å²) in [6.07, 6.45) is 5.79. The molecule has 118 valence electrons. The summed E-state index contributed by atoms with van der Waals surface area (Å²) in [5.41, 5.74) is 2.36. The Morgan fingerprint density at radius 1 is 1.41 bits per heavy atom. The third kappa shape index (κ3) is 3.33. The van der Waals surface area contributed by atoms with Crippen LogP contribution in [0, 0.1) is 0 Å². The number of para-hydroxylation sites is 1. The Morgan fingerprint density at radius 2 is 2.27 bits per heavy atom. The lowest BCUT2D eigenvalue weighted by Gasteiger charge is -2.24. The van der Waals surface area contributed by atoms with Gasteiger partial charge in [-0.1, -0.05) is 18.2 Å². The number of aromatic amines is 1. The highest BCUT2D eigenvalue weighted by atomic mass is 16.5. The van der Waals surface area contributed by atoms with E-state index in [0.29, 0.717) is 6.42 Å². The van der Waals surface area contributed by atoms with Crippen molar-refractivity contribution in [3.63, 3.8) is 0 Å². The number of H-pyrrole nitrogens is 1.